The molecule has 0 aromatic heterocycles. The zero-order valence-electron chi connectivity index (χ0n) is 16.8. The van der Waals surface area contributed by atoms with E-state index >= 15 is 4.39 Å². The summed E-state index contributed by atoms with van der Waals surface area (Å²) in [5.41, 5.74) is 4.41. The summed E-state index contributed by atoms with van der Waals surface area (Å²) in [6.07, 6.45) is 2.25. The normalized spacial score (nSPS) is 17.3. The zero-order valence-corrected chi connectivity index (χ0v) is 16.8. The molecule has 144 valence electrons. The number of benzene rings is 3. The second-order valence-corrected chi connectivity index (χ2v) is 9.20. The van der Waals surface area contributed by atoms with E-state index in [1.165, 1.54) is 23.3 Å². The summed E-state index contributed by atoms with van der Waals surface area (Å²) in [6, 6.07) is 14.4. The molecule has 1 aliphatic carbocycles. The van der Waals surface area contributed by atoms with Gasteiger partial charge in [0.15, 0.2) is 0 Å². The van der Waals surface area contributed by atoms with Gasteiger partial charge in [0.25, 0.3) is 0 Å². The van der Waals surface area contributed by atoms with Crippen LogP contribution in [0.3, 0.4) is 0 Å². The highest BCUT2D eigenvalue weighted by Gasteiger charge is 2.37. The third-order valence-corrected chi connectivity index (χ3v) is 6.36. The molecular weight excluding hydrogens is 351 g/mol. The third-order valence-electron chi connectivity index (χ3n) is 6.36. The minimum Gasteiger partial charge on any atom is -0.478 e. The molecule has 0 saturated heterocycles. The van der Waals surface area contributed by atoms with Gasteiger partial charge in [0, 0.05) is 10.9 Å². The quantitative estimate of drug-likeness (QED) is 0.541. The molecule has 4 rings (SSSR count). The van der Waals surface area contributed by atoms with Crippen molar-refractivity contribution in [2.75, 3.05) is 0 Å². The Bertz CT molecular complexity index is 1110. The summed E-state index contributed by atoms with van der Waals surface area (Å²) in [7, 11) is 0. The predicted octanol–water partition coefficient (Wildman–Crippen LogP) is 6.69. The van der Waals surface area contributed by atoms with Crippen LogP contribution in [0.2, 0.25) is 0 Å². The van der Waals surface area contributed by atoms with Gasteiger partial charge in [-0.2, -0.15) is 0 Å². The molecule has 2 nitrogen and oxygen atoms in total. The van der Waals surface area contributed by atoms with Gasteiger partial charge in [-0.1, -0.05) is 64.1 Å². The highest BCUT2D eigenvalue weighted by molar-refractivity contribution is 5.96. The van der Waals surface area contributed by atoms with Crippen LogP contribution in [-0.2, 0) is 10.8 Å². The summed E-state index contributed by atoms with van der Waals surface area (Å²) in [6.45, 7) is 9.07. The second-order valence-electron chi connectivity index (χ2n) is 9.20. The summed E-state index contributed by atoms with van der Waals surface area (Å²) >= 11 is 0. The fourth-order valence-corrected chi connectivity index (χ4v) is 4.40. The van der Waals surface area contributed by atoms with Crippen LogP contribution in [0.4, 0.5) is 4.39 Å². The van der Waals surface area contributed by atoms with Gasteiger partial charge in [0.1, 0.15) is 5.82 Å². The molecule has 0 unspecified atom stereocenters. The molecule has 0 amide bonds. The van der Waals surface area contributed by atoms with Crippen LogP contribution < -0.4 is 0 Å². The molecule has 0 spiro atoms. The van der Waals surface area contributed by atoms with Gasteiger partial charge in [-0.15, -0.1) is 0 Å². The molecule has 0 saturated carbocycles. The number of carboxylic acids is 1. The molecule has 3 heteroatoms. The summed E-state index contributed by atoms with van der Waals surface area (Å²) in [5.74, 6) is -1.31. The number of hydrogen-bond donors (Lipinski definition) is 1. The van der Waals surface area contributed by atoms with Crippen LogP contribution in [0.15, 0.2) is 48.5 Å². The molecule has 3 aromatic carbocycles. The van der Waals surface area contributed by atoms with Crippen LogP contribution in [0, 0.1) is 5.82 Å². The fourth-order valence-electron chi connectivity index (χ4n) is 4.40. The summed E-state index contributed by atoms with van der Waals surface area (Å²) in [4.78, 5) is 11.2. The number of aromatic carboxylic acids is 1. The van der Waals surface area contributed by atoms with E-state index in [1.807, 2.05) is 6.07 Å². The molecule has 0 atom stereocenters. The van der Waals surface area contributed by atoms with E-state index in [9.17, 15) is 4.79 Å². The topological polar surface area (TPSA) is 37.3 Å². The second kappa shape index (κ2) is 6.16. The van der Waals surface area contributed by atoms with E-state index in [0.717, 1.165) is 18.4 Å². The molecular formula is C25H25FO2. The van der Waals surface area contributed by atoms with E-state index < -0.39 is 5.97 Å². The first-order valence-corrected chi connectivity index (χ1v) is 9.71. The Labute approximate surface area is 165 Å². The smallest absolute Gasteiger partial charge is 0.335 e. The van der Waals surface area contributed by atoms with E-state index in [0.29, 0.717) is 16.3 Å². The van der Waals surface area contributed by atoms with Gasteiger partial charge in [-0.05, 0) is 57.9 Å². The first-order valence-electron chi connectivity index (χ1n) is 9.71. The lowest BCUT2D eigenvalue weighted by Crippen LogP contribution is -2.33. The molecule has 1 aliphatic rings. The number of rotatable bonds is 2. The lowest BCUT2D eigenvalue weighted by molar-refractivity contribution is 0.0697. The van der Waals surface area contributed by atoms with Crippen LogP contribution >= 0.6 is 0 Å². The van der Waals surface area contributed by atoms with E-state index in [1.54, 1.807) is 18.2 Å². The van der Waals surface area contributed by atoms with Gasteiger partial charge in [-0.25, -0.2) is 9.18 Å². The summed E-state index contributed by atoms with van der Waals surface area (Å²) in [5, 5.41) is 10.2. The molecule has 0 radical (unpaired) electrons. The minimum absolute atomic E-state index is 0.0601. The third kappa shape index (κ3) is 2.90. The number of carboxylic acid groups (broad SMARTS) is 1. The van der Waals surface area contributed by atoms with Crippen molar-refractivity contribution in [1.29, 1.82) is 0 Å². The van der Waals surface area contributed by atoms with Crippen molar-refractivity contribution in [2.45, 2.75) is 51.4 Å². The van der Waals surface area contributed by atoms with Gasteiger partial charge >= 0.3 is 5.97 Å². The summed E-state index contributed by atoms with van der Waals surface area (Å²) < 4.78 is 15.3. The SMILES string of the molecule is CC1(C)CCC(C)(C)c2cc(-c3ccc4cc(C(=O)O)ccc4c3F)ccc21. The van der Waals surface area contributed by atoms with Gasteiger partial charge in [0.2, 0.25) is 0 Å². The largest absolute Gasteiger partial charge is 0.478 e. The Morgan fingerprint density at radius 3 is 2.25 bits per heavy atom. The number of halogens is 1. The van der Waals surface area contributed by atoms with Crippen LogP contribution in [0.5, 0.6) is 0 Å². The average Bonchev–Trinajstić information content (AvgIpc) is 2.65. The zero-order chi connectivity index (χ0) is 20.3. The maximum absolute atomic E-state index is 15.3. The number of carbonyl (C=O) groups is 1. The van der Waals surface area contributed by atoms with Crippen molar-refractivity contribution >= 4 is 16.7 Å². The predicted molar refractivity (Wildman–Crippen MR) is 112 cm³/mol. The van der Waals surface area contributed by atoms with E-state index in [2.05, 4.69) is 39.8 Å². The van der Waals surface area contributed by atoms with E-state index in [-0.39, 0.29) is 22.2 Å². The van der Waals surface area contributed by atoms with Gasteiger partial charge < -0.3 is 5.11 Å². The van der Waals surface area contributed by atoms with Crippen LogP contribution in [0.1, 0.15) is 62.0 Å². The molecule has 0 fully saturated rings. The molecule has 0 heterocycles. The molecule has 28 heavy (non-hydrogen) atoms. The Morgan fingerprint density at radius 1 is 0.893 bits per heavy atom. The fraction of sp³-hybridized carbons (Fsp3) is 0.320. The van der Waals surface area contributed by atoms with E-state index in [4.69, 9.17) is 5.11 Å². The Kier molecular flexibility index (Phi) is 4.11. The van der Waals surface area contributed by atoms with Crippen molar-refractivity contribution in [2.24, 2.45) is 0 Å². The van der Waals surface area contributed by atoms with Crippen molar-refractivity contribution in [3.05, 3.63) is 71.0 Å². The van der Waals surface area contributed by atoms with Crippen molar-refractivity contribution in [1.82, 2.24) is 0 Å². The minimum atomic E-state index is -1.01. The van der Waals surface area contributed by atoms with Gasteiger partial charge in [-0.3, -0.25) is 0 Å². The Balaban J connectivity index is 1.88. The van der Waals surface area contributed by atoms with Crippen molar-refractivity contribution in [3.8, 4) is 11.1 Å². The first kappa shape index (κ1) is 18.7. The maximum atomic E-state index is 15.3. The molecule has 0 bridgehead atoms. The van der Waals surface area contributed by atoms with Crippen LogP contribution in [-0.4, -0.2) is 11.1 Å². The number of fused-ring (bicyclic) bond motifs is 2. The Morgan fingerprint density at radius 2 is 1.57 bits per heavy atom. The van der Waals surface area contributed by atoms with Crippen LogP contribution in [0.25, 0.3) is 21.9 Å². The molecule has 0 aliphatic heterocycles. The highest BCUT2D eigenvalue weighted by Crippen LogP contribution is 2.47. The molecule has 1 N–H and O–H groups in total. The first-order chi connectivity index (χ1) is 13.1. The average molecular weight is 376 g/mol. The van der Waals surface area contributed by atoms with Crippen molar-refractivity contribution in [3.63, 3.8) is 0 Å². The lowest BCUT2D eigenvalue weighted by atomic mass is 9.63. The molecule has 3 aromatic rings. The highest BCUT2D eigenvalue weighted by atomic mass is 19.1. The van der Waals surface area contributed by atoms with Gasteiger partial charge in [0.05, 0.1) is 5.56 Å². The monoisotopic (exact) mass is 376 g/mol. The maximum Gasteiger partial charge on any atom is 0.335 e. The standard InChI is InChI=1S/C25H25FO2/c1-24(2)11-12-25(3,4)21-14-16(7-10-20(21)24)19-8-5-15-13-17(23(27)28)6-9-18(15)22(19)26/h5-10,13-14H,11-12H2,1-4H3,(H,27,28). The number of hydrogen-bond acceptors (Lipinski definition) is 1. The Hall–Kier alpha value is -2.68. The lowest BCUT2D eigenvalue weighted by Gasteiger charge is -2.42. The van der Waals surface area contributed by atoms with Crippen molar-refractivity contribution < 1.29 is 14.3 Å².